The molecular formula is C14H19N5. The second kappa shape index (κ2) is 5.40. The largest absolute Gasteiger partial charge is 0.361 e. The van der Waals surface area contributed by atoms with Crippen molar-refractivity contribution in [1.29, 1.82) is 0 Å². The molecule has 0 radical (unpaired) electrons. The van der Waals surface area contributed by atoms with Gasteiger partial charge in [0.2, 0.25) is 5.95 Å². The second-order valence-corrected chi connectivity index (χ2v) is 5.01. The zero-order valence-electron chi connectivity index (χ0n) is 11.1. The zero-order valence-corrected chi connectivity index (χ0v) is 11.1. The van der Waals surface area contributed by atoms with Gasteiger partial charge < -0.3 is 15.2 Å². The van der Waals surface area contributed by atoms with Crippen LogP contribution in [0.15, 0.2) is 30.7 Å². The maximum Gasteiger partial charge on any atom is 0.225 e. The van der Waals surface area contributed by atoms with E-state index in [2.05, 4.69) is 25.2 Å². The van der Waals surface area contributed by atoms with Crippen molar-refractivity contribution >= 4 is 5.95 Å². The zero-order chi connectivity index (χ0) is 13.1. The lowest BCUT2D eigenvalue weighted by Crippen LogP contribution is -2.25. The minimum atomic E-state index is 0.705. The van der Waals surface area contributed by atoms with Crippen LogP contribution in [0.5, 0.6) is 0 Å². The van der Waals surface area contributed by atoms with Gasteiger partial charge >= 0.3 is 0 Å². The third-order valence-corrected chi connectivity index (χ3v) is 3.61. The van der Waals surface area contributed by atoms with Crippen LogP contribution < -0.4 is 10.2 Å². The first-order chi connectivity index (χ1) is 9.36. The minimum absolute atomic E-state index is 0.705. The van der Waals surface area contributed by atoms with Crippen LogP contribution in [0.4, 0.5) is 5.95 Å². The number of nitrogens with one attached hydrogen (secondary N) is 2. The van der Waals surface area contributed by atoms with E-state index in [9.17, 15) is 0 Å². The molecule has 0 aromatic carbocycles. The second-order valence-electron chi connectivity index (χ2n) is 5.01. The molecule has 5 nitrogen and oxygen atoms in total. The van der Waals surface area contributed by atoms with Gasteiger partial charge in [-0.3, -0.25) is 0 Å². The Kier molecular flexibility index (Phi) is 3.46. The first-order valence-corrected chi connectivity index (χ1v) is 6.72. The number of hydrogen-bond donors (Lipinski definition) is 2. The summed E-state index contributed by atoms with van der Waals surface area (Å²) in [4.78, 5) is 14.4. The van der Waals surface area contributed by atoms with Crippen LogP contribution in [-0.4, -0.2) is 41.6 Å². The first-order valence-electron chi connectivity index (χ1n) is 6.72. The molecule has 1 atom stereocenters. The predicted octanol–water partition coefficient (Wildman–Crippen LogP) is 1.52. The van der Waals surface area contributed by atoms with Crippen molar-refractivity contribution in [1.82, 2.24) is 20.3 Å². The molecule has 0 amide bonds. The molecule has 2 N–H and O–H groups in total. The summed E-state index contributed by atoms with van der Waals surface area (Å²) in [5.41, 5.74) is 2.08. The fraction of sp³-hybridized carbons (Fsp3) is 0.429. The molecule has 0 saturated carbocycles. The Hall–Kier alpha value is -1.88. The molecule has 1 aliphatic heterocycles. The van der Waals surface area contributed by atoms with Crippen LogP contribution in [0.25, 0.3) is 11.3 Å². The predicted molar refractivity (Wildman–Crippen MR) is 76.1 cm³/mol. The molecule has 3 rings (SSSR count). The standard InChI is InChI=1S/C14H19N5/c1-15-7-11-4-6-19(10-11)14-17-8-12(9-18-14)13-3-2-5-16-13/h2-3,5,8-9,11,15-16H,4,6-7,10H2,1H3. The minimum Gasteiger partial charge on any atom is -0.361 e. The normalized spacial score (nSPS) is 19.0. The lowest BCUT2D eigenvalue weighted by molar-refractivity contribution is 0.548. The summed E-state index contributed by atoms with van der Waals surface area (Å²) in [6.45, 7) is 3.16. The van der Waals surface area contributed by atoms with E-state index < -0.39 is 0 Å². The highest BCUT2D eigenvalue weighted by atomic mass is 15.3. The van der Waals surface area contributed by atoms with Crippen LogP contribution in [0.2, 0.25) is 0 Å². The van der Waals surface area contributed by atoms with Gasteiger partial charge in [0, 0.05) is 42.9 Å². The molecule has 1 fully saturated rings. The van der Waals surface area contributed by atoms with E-state index in [4.69, 9.17) is 0 Å². The molecule has 1 saturated heterocycles. The quantitative estimate of drug-likeness (QED) is 0.872. The van der Waals surface area contributed by atoms with Gasteiger partial charge in [0.25, 0.3) is 0 Å². The summed E-state index contributed by atoms with van der Waals surface area (Å²) >= 11 is 0. The van der Waals surface area contributed by atoms with E-state index in [0.29, 0.717) is 5.92 Å². The van der Waals surface area contributed by atoms with E-state index in [1.165, 1.54) is 6.42 Å². The lowest BCUT2D eigenvalue weighted by Gasteiger charge is -2.16. The van der Waals surface area contributed by atoms with Crippen molar-refractivity contribution in [3.63, 3.8) is 0 Å². The van der Waals surface area contributed by atoms with Gasteiger partial charge in [-0.1, -0.05) is 0 Å². The summed E-state index contributed by atoms with van der Waals surface area (Å²) in [6.07, 6.45) is 6.90. The Morgan fingerprint density at radius 3 is 2.95 bits per heavy atom. The number of H-pyrrole nitrogens is 1. The monoisotopic (exact) mass is 257 g/mol. The molecule has 0 aliphatic carbocycles. The van der Waals surface area contributed by atoms with Gasteiger partial charge in [-0.05, 0) is 38.1 Å². The molecule has 0 spiro atoms. The highest BCUT2D eigenvalue weighted by molar-refractivity contribution is 5.57. The molecule has 0 bridgehead atoms. The van der Waals surface area contributed by atoms with Crippen molar-refractivity contribution in [2.75, 3.05) is 31.6 Å². The van der Waals surface area contributed by atoms with Crippen molar-refractivity contribution in [3.8, 4) is 11.3 Å². The number of aromatic amines is 1. The third kappa shape index (κ3) is 2.61. The first kappa shape index (κ1) is 12.2. The summed E-state index contributed by atoms with van der Waals surface area (Å²) < 4.78 is 0. The Morgan fingerprint density at radius 1 is 1.42 bits per heavy atom. The summed E-state index contributed by atoms with van der Waals surface area (Å²) in [5, 5.41) is 3.24. The molecule has 2 aromatic heterocycles. The number of nitrogens with zero attached hydrogens (tertiary/aromatic N) is 3. The Morgan fingerprint density at radius 2 is 2.26 bits per heavy atom. The summed E-state index contributed by atoms with van der Waals surface area (Å²) in [6, 6.07) is 4.00. The molecule has 3 heterocycles. The molecule has 1 unspecified atom stereocenters. The average molecular weight is 257 g/mol. The van der Waals surface area contributed by atoms with Gasteiger partial charge in [0.15, 0.2) is 0 Å². The van der Waals surface area contributed by atoms with E-state index in [-0.39, 0.29) is 0 Å². The number of hydrogen-bond acceptors (Lipinski definition) is 4. The molecule has 1 aliphatic rings. The number of rotatable bonds is 4. The maximum absolute atomic E-state index is 4.49. The van der Waals surface area contributed by atoms with Crippen LogP contribution in [0.1, 0.15) is 6.42 Å². The van der Waals surface area contributed by atoms with Crippen LogP contribution >= 0.6 is 0 Å². The molecule has 5 heteroatoms. The van der Waals surface area contributed by atoms with Gasteiger partial charge in [-0.15, -0.1) is 0 Å². The molecule has 19 heavy (non-hydrogen) atoms. The molecule has 100 valence electrons. The smallest absolute Gasteiger partial charge is 0.225 e. The molecule has 2 aromatic rings. The number of aromatic nitrogens is 3. The van der Waals surface area contributed by atoms with Crippen molar-refractivity contribution < 1.29 is 0 Å². The Bertz CT molecular complexity index is 505. The molecular weight excluding hydrogens is 238 g/mol. The van der Waals surface area contributed by atoms with Gasteiger partial charge in [0.1, 0.15) is 0 Å². The highest BCUT2D eigenvalue weighted by Gasteiger charge is 2.23. The van der Waals surface area contributed by atoms with E-state index in [0.717, 1.165) is 36.8 Å². The lowest BCUT2D eigenvalue weighted by atomic mass is 10.1. The Labute approximate surface area is 113 Å². The topological polar surface area (TPSA) is 56.8 Å². The van der Waals surface area contributed by atoms with Crippen molar-refractivity contribution in [2.24, 2.45) is 5.92 Å². The SMILES string of the molecule is CNCC1CCN(c2ncc(-c3ccc[nH]3)cn2)C1. The highest BCUT2D eigenvalue weighted by Crippen LogP contribution is 2.21. The van der Waals surface area contributed by atoms with Crippen LogP contribution in [-0.2, 0) is 0 Å². The van der Waals surface area contributed by atoms with Gasteiger partial charge in [-0.25, -0.2) is 9.97 Å². The fourth-order valence-electron chi connectivity index (χ4n) is 2.60. The van der Waals surface area contributed by atoms with Crippen molar-refractivity contribution in [2.45, 2.75) is 6.42 Å². The summed E-state index contributed by atoms with van der Waals surface area (Å²) in [7, 11) is 2.00. The van der Waals surface area contributed by atoms with Gasteiger partial charge in [-0.2, -0.15) is 0 Å². The maximum atomic E-state index is 4.49. The number of anilines is 1. The van der Waals surface area contributed by atoms with Crippen LogP contribution in [0.3, 0.4) is 0 Å². The average Bonchev–Trinajstić information content (AvgIpc) is 3.10. The van der Waals surface area contributed by atoms with Gasteiger partial charge in [0.05, 0.1) is 0 Å². The fourth-order valence-corrected chi connectivity index (χ4v) is 2.60. The third-order valence-electron chi connectivity index (χ3n) is 3.61. The van der Waals surface area contributed by atoms with E-state index in [1.54, 1.807) is 0 Å². The van der Waals surface area contributed by atoms with E-state index >= 15 is 0 Å². The van der Waals surface area contributed by atoms with Crippen molar-refractivity contribution in [3.05, 3.63) is 30.7 Å². The van der Waals surface area contributed by atoms with Crippen LogP contribution in [0, 0.1) is 5.92 Å². The Balaban J connectivity index is 1.70. The van der Waals surface area contributed by atoms with E-state index in [1.807, 2.05) is 37.8 Å². The summed E-state index contributed by atoms with van der Waals surface area (Å²) in [5.74, 6) is 1.55.